The van der Waals surface area contributed by atoms with Gasteiger partial charge in [0.15, 0.2) is 9.84 Å². The van der Waals surface area contributed by atoms with Crippen molar-refractivity contribution in [2.45, 2.75) is 38.0 Å². The van der Waals surface area contributed by atoms with Gasteiger partial charge in [0.25, 0.3) is 6.26 Å². The highest BCUT2D eigenvalue weighted by molar-refractivity contribution is 7.92. The second-order valence-corrected chi connectivity index (χ2v) is 6.30. The van der Waals surface area contributed by atoms with Crippen LogP contribution in [0.4, 0.5) is 0 Å². The first-order valence-corrected chi connectivity index (χ1v) is 6.47. The lowest BCUT2D eigenvalue weighted by molar-refractivity contribution is 0.110. The summed E-state index contributed by atoms with van der Waals surface area (Å²) in [5.41, 5.74) is 0. The fourth-order valence-electron chi connectivity index (χ4n) is 1.89. The van der Waals surface area contributed by atoms with E-state index in [9.17, 15) is 8.42 Å². The van der Waals surface area contributed by atoms with Gasteiger partial charge in [-0.3, -0.25) is 0 Å². The van der Waals surface area contributed by atoms with Crippen molar-refractivity contribution in [1.82, 2.24) is 0 Å². The van der Waals surface area contributed by atoms with Gasteiger partial charge in [-0.25, -0.2) is 8.42 Å². The van der Waals surface area contributed by atoms with Gasteiger partial charge in [-0.05, 0) is 18.8 Å². The first-order chi connectivity index (χ1) is 6.49. The first-order valence-electron chi connectivity index (χ1n) is 4.75. The van der Waals surface area contributed by atoms with Crippen LogP contribution in [0.15, 0.2) is 0 Å². The molecule has 1 rings (SSSR count). The third-order valence-electron chi connectivity index (χ3n) is 2.59. The number of ether oxygens (including phenoxy) is 1. The predicted molar refractivity (Wildman–Crippen MR) is 52.1 cm³/mol. The molecule has 0 aromatic heterocycles. The van der Waals surface area contributed by atoms with E-state index in [2.05, 4.69) is 0 Å². The van der Waals surface area contributed by atoms with Crippen molar-refractivity contribution in [2.75, 3.05) is 5.75 Å². The standard InChI is InChI=1S/C9H15NO3S/c1-7(2)9(13-6-10)8-4-3-5-14(8,11)12/h7-9H,3-5H2,1-2H3. The molecule has 5 heteroatoms. The molecule has 0 aliphatic carbocycles. The van der Waals surface area contributed by atoms with E-state index in [1.807, 2.05) is 13.8 Å². The van der Waals surface area contributed by atoms with E-state index in [0.717, 1.165) is 0 Å². The fraction of sp³-hybridized carbons (Fsp3) is 0.889. The summed E-state index contributed by atoms with van der Waals surface area (Å²) in [4.78, 5) is 0. The van der Waals surface area contributed by atoms with Crippen LogP contribution < -0.4 is 0 Å². The highest BCUT2D eigenvalue weighted by Gasteiger charge is 2.40. The Bertz CT molecular complexity index is 328. The number of hydrogen-bond acceptors (Lipinski definition) is 4. The molecule has 0 spiro atoms. The molecule has 1 fully saturated rings. The van der Waals surface area contributed by atoms with Gasteiger partial charge in [0.2, 0.25) is 0 Å². The van der Waals surface area contributed by atoms with Gasteiger partial charge in [0, 0.05) is 0 Å². The van der Waals surface area contributed by atoms with Crippen molar-refractivity contribution in [3.63, 3.8) is 0 Å². The molecule has 0 bridgehead atoms. The summed E-state index contributed by atoms with van der Waals surface area (Å²) in [7, 11) is -3.03. The van der Waals surface area contributed by atoms with Gasteiger partial charge in [0.1, 0.15) is 6.10 Å². The molecular formula is C9H15NO3S. The number of nitriles is 1. The van der Waals surface area contributed by atoms with Crippen LogP contribution in [-0.2, 0) is 14.6 Å². The zero-order chi connectivity index (χ0) is 10.8. The average Bonchev–Trinajstić information content (AvgIpc) is 2.40. The van der Waals surface area contributed by atoms with Crippen molar-refractivity contribution in [1.29, 1.82) is 5.26 Å². The van der Waals surface area contributed by atoms with Gasteiger partial charge in [-0.2, -0.15) is 5.26 Å². The fourth-order valence-corrected chi connectivity index (χ4v) is 4.06. The molecule has 4 nitrogen and oxygen atoms in total. The van der Waals surface area contributed by atoms with Crippen molar-refractivity contribution >= 4 is 9.84 Å². The smallest absolute Gasteiger partial charge is 0.286 e. The second-order valence-electron chi connectivity index (χ2n) is 3.97. The summed E-state index contributed by atoms with van der Waals surface area (Å²) in [6, 6.07) is 0. The molecule has 1 heterocycles. The highest BCUT2D eigenvalue weighted by Crippen LogP contribution is 2.28. The summed E-state index contributed by atoms with van der Waals surface area (Å²) in [5, 5.41) is 7.96. The van der Waals surface area contributed by atoms with Crippen molar-refractivity contribution in [2.24, 2.45) is 5.92 Å². The average molecular weight is 217 g/mol. The maximum atomic E-state index is 11.6. The molecule has 1 saturated heterocycles. The van der Waals surface area contributed by atoms with Crippen LogP contribution in [-0.4, -0.2) is 25.5 Å². The molecule has 14 heavy (non-hydrogen) atoms. The lowest BCUT2D eigenvalue weighted by Crippen LogP contribution is -2.36. The number of sulfone groups is 1. The molecule has 0 saturated carbocycles. The van der Waals surface area contributed by atoms with E-state index >= 15 is 0 Å². The molecular weight excluding hydrogens is 202 g/mol. The van der Waals surface area contributed by atoms with E-state index in [1.54, 1.807) is 6.26 Å². The maximum Gasteiger partial charge on any atom is 0.286 e. The topological polar surface area (TPSA) is 67.2 Å². The van der Waals surface area contributed by atoms with Crippen LogP contribution in [0.25, 0.3) is 0 Å². The van der Waals surface area contributed by atoms with Gasteiger partial charge in [0.05, 0.1) is 11.0 Å². The quantitative estimate of drug-likeness (QED) is 0.663. The Morgan fingerprint density at radius 1 is 1.50 bits per heavy atom. The first kappa shape index (κ1) is 11.3. The summed E-state index contributed by atoms with van der Waals surface area (Å²) < 4.78 is 28.0. The molecule has 0 N–H and O–H groups in total. The van der Waals surface area contributed by atoms with E-state index < -0.39 is 21.2 Å². The van der Waals surface area contributed by atoms with Crippen LogP contribution in [0.3, 0.4) is 0 Å². The Balaban J connectivity index is 2.84. The molecule has 1 aliphatic rings. The van der Waals surface area contributed by atoms with E-state index in [1.165, 1.54) is 0 Å². The van der Waals surface area contributed by atoms with Crippen LogP contribution in [0.5, 0.6) is 0 Å². The van der Waals surface area contributed by atoms with Crippen LogP contribution in [0, 0.1) is 17.4 Å². The molecule has 0 aromatic rings. The Morgan fingerprint density at radius 3 is 2.50 bits per heavy atom. The van der Waals surface area contributed by atoms with Gasteiger partial charge in [-0.15, -0.1) is 0 Å². The van der Waals surface area contributed by atoms with Gasteiger partial charge < -0.3 is 4.74 Å². The molecule has 0 radical (unpaired) electrons. The summed E-state index contributed by atoms with van der Waals surface area (Å²) in [5.74, 6) is 0.280. The number of nitrogens with zero attached hydrogens (tertiary/aromatic N) is 1. The van der Waals surface area contributed by atoms with Crippen LogP contribution >= 0.6 is 0 Å². The summed E-state index contributed by atoms with van der Waals surface area (Å²) in [6.07, 6.45) is 2.42. The molecule has 0 aromatic carbocycles. The number of hydrogen-bond donors (Lipinski definition) is 0. The Kier molecular flexibility index (Phi) is 3.38. The number of rotatable bonds is 3. The van der Waals surface area contributed by atoms with Crippen LogP contribution in [0.2, 0.25) is 0 Å². The molecule has 2 atom stereocenters. The predicted octanol–water partition coefficient (Wildman–Crippen LogP) is 1.09. The normalized spacial score (nSPS) is 27.1. The zero-order valence-corrected chi connectivity index (χ0v) is 9.25. The SMILES string of the molecule is CC(C)C(OC#N)C1CCCS1(=O)=O. The molecule has 0 amide bonds. The zero-order valence-electron chi connectivity index (χ0n) is 8.43. The Labute approximate surface area is 84.8 Å². The lowest BCUT2D eigenvalue weighted by atomic mass is 10.0. The largest absolute Gasteiger partial charge is 0.423 e. The molecule has 1 aliphatic heterocycles. The maximum absolute atomic E-state index is 11.6. The van der Waals surface area contributed by atoms with E-state index in [0.29, 0.717) is 12.8 Å². The minimum absolute atomic E-state index is 0.0486. The molecule has 2 unspecified atom stereocenters. The summed E-state index contributed by atoms with van der Waals surface area (Å²) >= 11 is 0. The van der Waals surface area contributed by atoms with Crippen molar-refractivity contribution < 1.29 is 13.2 Å². The molecule has 80 valence electrons. The Hall–Kier alpha value is -0.760. The van der Waals surface area contributed by atoms with Crippen molar-refractivity contribution in [3.05, 3.63) is 0 Å². The monoisotopic (exact) mass is 217 g/mol. The minimum Gasteiger partial charge on any atom is -0.423 e. The van der Waals surface area contributed by atoms with Crippen molar-refractivity contribution in [3.8, 4) is 6.26 Å². The Morgan fingerprint density at radius 2 is 2.14 bits per heavy atom. The minimum atomic E-state index is -3.03. The van der Waals surface area contributed by atoms with Crippen LogP contribution in [0.1, 0.15) is 26.7 Å². The van der Waals surface area contributed by atoms with Gasteiger partial charge in [-0.1, -0.05) is 13.8 Å². The van der Waals surface area contributed by atoms with Gasteiger partial charge >= 0.3 is 0 Å². The highest BCUT2D eigenvalue weighted by atomic mass is 32.2. The van der Waals surface area contributed by atoms with E-state index in [-0.39, 0.29) is 11.7 Å². The third-order valence-corrected chi connectivity index (χ3v) is 4.88. The lowest BCUT2D eigenvalue weighted by Gasteiger charge is -2.23. The summed E-state index contributed by atoms with van der Waals surface area (Å²) in [6.45, 7) is 3.74. The second kappa shape index (κ2) is 4.18. The van der Waals surface area contributed by atoms with E-state index in [4.69, 9.17) is 10.00 Å². The third kappa shape index (κ3) is 2.18.